The number of hydrogen-bond acceptors (Lipinski definition) is 5. The fourth-order valence-electron chi connectivity index (χ4n) is 4.24. The molecule has 1 aromatic heterocycles. The predicted molar refractivity (Wildman–Crippen MR) is 132 cm³/mol. The van der Waals surface area contributed by atoms with Crippen LogP contribution in [-0.4, -0.2) is 40.5 Å². The minimum atomic E-state index is -4.72. The highest BCUT2D eigenvalue weighted by Crippen LogP contribution is 2.41. The SMILES string of the molecule is COC(=O)[C@H](Cc1ccccc1)NC(=O)C1C(C)=Nc2cc(C(F)(F)F)nn2C1c1ccc(Cl)c(Cl)c1. The average Bonchev–Trinajstić information content (AvgIpc) is 3.29. The Hall–Kier alpha value is -3.37. The quantitative estimate of drug-likeness (QED) is 0.413. The van der Waals surface area contributed by atoms with E-state index in [4.69, 9.17) is 27.9 Å². The summed E-state index contributed by atoms with van der Waals surface area (Å²) >= 11 is 12.3. The van der Waals surface area contributed by atoms with Gasteiger partial charge < -0.3 is 10.1 Å². The maximum Gasteiger partial charge on any atom is 0.435 e. The van der Waals surface area contributed by atoms with Crippen molar-refractivity contribution in [1.29, 1.82) is 0 Å². The topological polar surface area (TPSA) is 85.6 Å². The van der Waals surface area contributed by atoms with E-state index in [1.807, 2.05) is 6.07 Å². The largest absolute Gasteiger partial charge is 0.467 e. The lowest BCUT2D eigenvalue weighted by Gasteiger charge is -2.32. The number of ether oxygens (including phenoxy) is 1. The molecule has 12 heteroatoms. The van der Waals surface area contributed by atoms with Crippen molar-refractivity contribution >= 4 is 46.6 Å². The van der Waals surface area contributed by atoms with Crippen LogP contribution in [0.15, 0.2) is 59.6 Å². The van der Waals surface area contributed by atoms with Gasteiger partial charge in [0.1, 0.15) is 12.0 Å². The molecule has 3 atom stereocenters. The Bertz CT molecular complexity index is 1360. The highest BCUT2D eigenvalue weighted by Gasteiger charge is 2.43. The molecule has 0 saturated carbocycles. The molecule has 0 fully saturated rings. The van der Waals surface area contributed by atoms with Crippen LogP contribution in [0.2, 0.25) is 10.0 Å². The van der Waals surface area contributed by atoms with Gasteiger partial charge in [-0.25, -0.2) is 14.5 Å². The van der Waals surface area contributed by atoms with Gasteiger partial charge in [0.15, 0.2) is 11.5 Å². The van der Waals surface area contributed by atoms with E-state index in [0.29, 0.717) is 5.56 Å². The van der Waals surface area contributed by atoms with E-state index in [1.54, 1.807) is 30.3 Å². The molecular weight excluding hydrogens is 532 g/mol. The van der Waals surface area contributed by atoms with E-state index in [-0.39, 0.29) is 28.0 Å². The summed E-state index contributed by atoms with van der Waals surface area (Å²) in [4.78, 5) is 30.4. The van der Waals surface area contributed by atoms with Crippen LogP contribution in [0.3, 0.4) is 0 Å². The van der Waals surface area contributed by atoms with Crippen molar-refractivity contribution in [3.05, 3.63) is 81.5 Å². The number of fused-ring (bicyclic) bond motifs is 1. The van der Waals surface area contributed by atoms with Crippen molar-refractivity contribution in [3.8, 4) is 0 Å². The summed E-state index contributed by atoms with van der Waals surface area (Å²) in [5.74, 6) is -2.50. The van der Waals surface area contributed by atoms with Crippen LogP contribution < -0.4 is 5.32 Å². The zero-order valence-corrected chi connectivity index (χ0v) is 21.1. The molecule has 0 spiro atoms. The molecule has 3 aromatic rings. The maximum absolute atomic E-state index is 13.7. The number of nitrogens with one attached hydrogen (secondary N) is 1. The molecule has 0 bridgehead atoms. The Morgan fingerprint density at radius 2 is 1.81 bits per heavy atom. The lowest BCUT2D eigenvalue weighted by molar-refractivity contribution is -0.145. The number of amides is 1. The summed E-state index contributed by atoms with van der Waals surface area (Å²) in [7, 11) is 1.20. The zero-order chi connectivity index (χ0) is 26.9. The highest BCUT2D eigenvalue weighted by atomic mass is 35.5. The molecular formula is C25H21Cl2F3N4O3. The molecule has 2 heterocycles. The second-order valence-corrected chi connectivity index (χ2v) is 9.27. The number of nitrogens with zero attached hydrogens (tertiary/aromatic N) is 3. The number of carbonyl (C=O) groups is 2. The van der Waals surface area contributed by atoms with Crippen molar-refractivity contribution in [2.75, 3.05) is 7.11 Å². The monoisotopic (exact) mass is 552 g/mol. The Balaban J connectivity index is 1.75. The van der Waals surface area contributed by atoms with Crippen molar-refractivity contribution in [1.82, 2.24) is 15.1 Å². The van der Waals surface area contributed by atoms with Crippen LogP contribution in [0.4, 0.5) is 19.0 Å². The minimum Gasteiger partial charge on any atom is -0.467 e. The van der Waals surface area contributed by atoms with Gasteiger partial charge in [0.25, 0.3) is 0 Å². The first-order valence-electron chi connectivity index (χ1n) is 11.1. The molecule has 2 aromatic carbocycles. The molecule has 0 aliphatic carbocycles. The van der Waals surface area contributed by atoms with Crippen LogP contribution in [0.1, 0.15) is 29.8 Å². The van der Waals surface area contributed by atoms with E-state index in [1.165, 1.54) is 26.2 Å². The molecule has 37 heavy (non-hydrogen) atoms. The summed E-state index contributed by atoms with van der Waals surface area (Å²) < 4.78 is 46.4. The Morgan fingerprint density at radius 3 is 2.43 bits per heavy atom. The number of aliphatic imine (C=N–C) groups is 1. The fraction of sp³-hybridized carbons (Fsp3) is 0.280. The molecule has 1 aliphatic heterocycles. The standard InChI is InChI=1S/C25H21Cl2F3N4O3/c1-13-21(23(35)32-18(24(36)37-2)10-14-6-4-3-5-7-14)22(15-8-9-16(26)17(27)11-15)34-20(31-13)12-19(33-34)25(28,29)30/h3-9,11-12,18,21-22H,10H2,1-2H3,(H,32,35)/t18-,21?,22?/m0/s1. The highest BCUT2D eigenvalue weighted by molar-refractivity contribution is 6.42. The summed E-state index contributed by atoms with van der Waals surface area (Å²) in [5.41, 5.74) is 0.247. The van der Waals surface area contributed by atoms with Crippen molar-refractivity contribution < 1.29 is 27.5 Å². The van der Waals surface area contributed by atoms with E-state index in [2.05, 4.69) is 15.4 Å². The zero-order valence-electron chi connectivity index (χ0n) is 19.6. The molecule has 1 aliphatic rings. The first kappa shape index (κ1) is 26.7. The number of methoxy groups -OCH3 is 1. The number of alkyl halides is 3. The Morgan fingerprint density at radius 1 is 1.11 bits per heavy atom. The van der Waals surface area contributed by atoms with Gasteiger partial charge in [0.05, 0.1) is 23.2 Å². The molecule has 1 N–H and O–H groups in total. The second-order valence-electron chi connectivity index (χ2n) is 8.45. The van der Waals surface area contributed by atoms with Crippen LogP contribution in [-0.2, 0) is 26.9 Å². The van der Waals surface area contributed by atoms with Gasteiger partial charge in [-0.1, -0.05) is 59.6 Å². The first-order chi connectivity index (χ1) is 17.5. The Kier molecular flexibility index (Phi) is 7.61. The maximum atomic E-state index is 13.7. The second kappa shape index (κ2) is 10.5. The predicted octanol–water partition coefficient (Wildman–Crippen LogP) is 5.42. The lowest BCUT2D eigenvalue weighted by Crippen LogP contribution is -2.49. The number of aromatic nitrogens is 2. The minimum absolute atomic E-state index is 0.0706. The number of rotatable bonds is 6. The normalized spacial score (nSPS) is 18.0. The third-order valence-corrected chi connectivity index (χ3v) is 6.72. The third kappa shape index (κ3) is 5.65. The van der Waals surface area contributed by atoms with Gasteiger partial charge in [-0.3, -0.25) is 4.79 Å². The summed E-state index contributed by atoms with van der Waals surface area (Å²) in [6.07, 6.45) is -4.58. The number of esters is 1. The van der Waals surface area contributed by atoms with Crippen molar-refractivity contribution in [3.63, 3.8) is 0 Å². The van der Waals surface area contributed by atoms with Gasteiger partial charge >= 0.3 is 12.1 Å². The average molecular weight is 553 g/mol. The number of carbonyl (C=O) groups excluding carboxylic acids is 2. The van der Waals surface area contributed by atoms with E-state index < -0.39 is 41.7 Å². The van der Waals surface area contributed by atoms with Gasteiger partial charge in [0.2, 0.25) is 5.91 Å². The molecule has 194 valence electrons. The number of hydrogen-bond donors (Lipinski definition) is 1. The van der Waals surface area contributed by atoms with Crippen LogP contribution >= 0.6 is 23.2 Å². The van der Waals surface area contributed by atoms with E-state index in [0.717, 1.165) is 16.3 Å². The van der Waals surface area contributed by atoms with Crippen LogP contribution in [0, 0.1) is 5.92 Å². The van der Waals surface area contributed by atoms with Gasteiger partial charge in [-0.15, -0.1) is 0 Å². The molecule has 0 saturated heterocycles. The van der Waals surface area contributed by atoms with Crippen molar-refractivity contribution in [2.24, 2.45) is 10.9 Å². The number of halogens is 5. The lowest BCUT2D eigenvalue weighted by atomic mass is 9.87. The van der Waals surface area contributed by atoms with Gasteiger partial charge in [-0.2, -0.15) is 18.3 Å². The van der Waals surface area contributed by atoms with E-state index in [9.17, 15) is 22.8 Å². The molecule has 1 amide bonds. The van der Waals surface area contributed by atoms with Crippen molar-refractivity contribution in [2.45, 2.75) is 31.6 Å². The summed E-state index contributed by atoms with van der Waals surface area (Å²) in [6.45, 7) is 1.53. The van der Waals surface area contributed by atoms with Gasteiger partial charge in [0, 0.05) is 18.2 Å². The fourth-order valence-corrected chi connectivity index (χ4v) is 4.55. The van der Waals surface area contributed by atoms with Crippen LogP contribution in [0.5, 0.6) is 0 Å². The third-order valence-electron chi connectivity index (χ3n) is 5.98. The smallest absolute Gasteiger partial charge is 0.435 e. The number of benzene rings is 2. The molecule has 4 rings (SSSR count). The Labute approximate surface area is 220 Å². The summed E-state index contributed by atoms with van der Waals surface area (Å²) in [5, 5.41) is 6.81. The molecule has 7 nitrogen and oxygen atoms in total. The van der Waals surface area contributed by atoms with Gasteiger partial charge in [-0.05, 0) is 30.2 Å². The molecule has 2 unspecified atom stereocenters. The first-order valence-corrected chi connectivity index (χ1v) is 11.8. The molecule has 0 radical (unpaired) electrons. The van der Waals surface area contributed by atoms with E-state index >= 15 is 0 Å². The summed E-state index contributed by atoms with van der Waals surface area (Å²) in [6, 6.07) is 12.2. The van der Waals surface area contributed by atoms with Crippen LogP contribution in [0.25, 0.3) is 0 Å².